The van der Waals surface area contributed by atoms with E-state index in [1.54, 1.807) is 6.07 Å². The van der Waals surface area contributed by atoms with Crippen molar-refractivity contribution in [2.45, 2.75) is 51.4 Å². The number of ether oxygens (including phenoxy) is 1. The average Bonchev–Trinajstić information content (AvgIpc) is 2.68. The van der Waals surface area contributed by atoms with Crippen molar-refractivity contribution in [3.8, 4) is 0 Å². The van der Waals surface area contributed by atoms with Gasteiger partial charge >= 0.3 is 0 Å². The standard InChI is InChI=1S/C23H30BrFN2O/c1-14(2)12-26-13-17-8-9-18-21(15-6-4-3-5-7-15)27-22-19(23(18)28-17)10-16(24)11-20(22)25/h3-6,10-11,14-15,17-18,21,23,26-27H,7-9,12-13H2,1-2H3/t15?,17-,18+,21+,23+/m1/s1. The second-order valence-corrected chi connectivity index (χ2v) is 9.62. The molecule has 3 aliphatic rings. The molecule has 2 aliphatic heterocycles. The summed E-state index contributed by atoms with van der Waals surface area (Å²) in [5.74, 6) is 1.14. The fourth-order valence-corrected chi connectivity index (χ4v) is 5.24. The number of fused-ring (bicyclic) bond motifs is 3. The molecule has 0 spiro atoms. The van der Waals surface area contributed by atoms with Crippen molar-refractivity contribution < 1.29 is 9.13 Å². The molecule has 5 atom stereocenters. The lowest BCUT2D eigenvalue weighted by atomic mass is 9.73. The third-order valence-corrected chi connectivity index (χ3v) is 6.57. The van der Waals surface area contributed by atoms with Crippen LogP contribution in [0.25, 0.3) is 0 Å². The van der Waals surface area contributed by atoms with Crippen LogP contribution in [0.1, 0.15) is 44.8 Å². The summed E-state index contributed by atoms with van der Waals surface area (Å²) in [6, 6.07) is 3.77. The molecule has 0 radical (unpaired) electrons. The quantitative estimate of drug-likeness (QED) is 0.614. The van der Waals surface area contributed by atoms with Crippen molar-refractivity contribution in [1.82, 2.24) is 5.32 Å². The zero-order valence-electron chi connectivity index (χ0n) is 16.6. The molecule has 0 bridgehead atoms. The number of benzene rings is 1. The summed E-state index contributed by atoms with van der Waals surface area (Å²) in [6.45, 7) is 6.28. The molecule has 3 nitrogen and oxygen atoms in total. The van der Waals surface area contributed by atoms with E-state index in [1.165, 1.54) is 0 Å². The largest absolute Gasteiger partial charge is 0.379 e. The van der Waals surface area contributed by atoms with Gasteiger partial charge in [0.25, 0.3) is 0 Å². The molecule has 1 aromatic rings. The van der Waals surface area contributed by atoms with E-state index in [0.29, 0.717) is 23.4 Å². The van der Waals surface area contributed by atoms with Crippen LogP contribution in [-0.2, 0) is 4.74 Å². The lowest BCUT2D eigenvalue weighted by Crippen LogP contribution is -2.48. The second kappa shape index (κ2) is 8.68. The molecule has 2 N–H and O–H groups in total. The van der Waals surface area contributed by atoms with Crippen LogP contribution < -0.4 is 10.6 Å². The molecule has 152 valence electrons. The summed E-state index contributed by atoms with van der Waals surface area (Å²) in [6.07, 6.45) is 11.9. The highest BCUT2D eigenvalue weighted by atomic mass is 79.9. The predicted octanol–water partition coefficient (Wildman–Crippen LogP) is 5.60. The maximum atomic E-state index is 14.8. The number of nitrogens with one attached hydrogen (secondary N) is 2. The third-order valence-electron chi connectivity index (χ3n) is 6.11. The van der Waals surface area contributed by atoms with Crippen molar-refractivity contribution in [3.05, 3.63) is 52.3 Å². The highest BCUT2D eigenvalue weighted by molar-refractivity contribution is 9.10. The fraction of sp³-hybridized carbons (Fsp3) is 0.565. The van der Waals surface area contributed by atoms with Crippen LogP contribution in [0, 0.1) is 23.6 Å². The first kappa shape index (κ1) is 20.1. The normalized spacial score (nSPS) is 31.4. The van der Waals surface area contributed by atoms with E-state index in [0.717, 1.165) is 42.4 Å². The Hall–Kier alpha value is -1.17. The maximum Gasteiger partial charge on any atom is 0.147 e. The van der Waals surface area contributed by atoms with Gasteiger partial charge in [-0.25, -0.2) is 4.39 Å². The number of rotatable bonds is 5. The predicted molar refractivity (Wildman–Crippen MR) is 116 cm³/mol. The first-order chi connectivity index (χ1) is 13.5. The molecule has 0 saturated carbocycles. The van der Waals surface area contributed by atoms with Crippen LogP contribution in [0.2, 0.25) is 0 Å². The molecule has 0 amide bonds. The van der Waals surface area contributed by atoms with Gasteiger partial charge < -0.3 is 15.4 Å². The number of halogens is 2. The Morgan fingerprint density at radius 1 is 1.29 bits per heavy atom. The molecule has 28 heavy (non-hydrogen) atoms. The molecule has 1 unspecified atom stereocenters. The molecule has 4 rings (SSSR count). The number of anilines is 1. The zero-order chi connectivity index (χ0) is 19.7. The molecule has 2 heterocycles. The molecule has 1 aromatic carbocycles. The van der Waals surface area contributed by atoms with Gasteiger partial charge in [-0.2, -0.15) is 0 Å². The van der Waals surface area contributed by atoms with Gasteiger partial charge in [-0.3, -0.25) is 0 Å². The van der Waals surface area contributed by atoms with E-state index in [9.17, 15) is 4.39 Å². The van der Waals surface area contributed by atoms with Crippen molar-refractivity contribution >= 4 is 21.6 Å². The van der Waals surface area contributed by atoms with Crippen LogP contribution >= 0.6 is 15.9 Å². The Labute approximate surface area is 175 Å². The van der Waals surface area contributed by atoms with Gasteiger partial charge in [0.15, 0.2) is 0 Å². The first-order valence-corrected chi connectivity index (χ1v) is 11.3. The monoisotopic (exact) mass is 448 g/mol. The van der Waals surface area contributed by atoms with Gasteiger partial charge in [-0.05, 0) is 43.9 Å². The molecular formula is C23H30BrFN2O. The number of allylic oxidation sites excluding steroid dienone is 3. The molecular weight excluding hydrogens is 419 g/mol. The van der Waals surface area contributed by atoms with Gasteiger partial charge in [0.2, 0.25) is 0 Å². The lowest BCUT2D eigenvalue weighted by molar-refractivity contribution is -0.0942. The van der Waals surface area contributed by atoms with E-state index >= 15 is 0 Å². The minimum Gasteiger partial charge on any atom is -0.379 e. The lowest BCUT2D eigenvalue weighted by Gasteiger charge is -2.47. The fourth-order valence-electron chi connectivity index (χ4n) is 4.80. The van der Waals surface area contributed by atoms with Gasteiger partial charge in [-0.15, -0.1) is 0 Å². The highest BCUT2D eigenvalue weighted by Crippen LogP contribution is 2.49. The Balaban J connectivity index is 1.59. The average molecular weight is 449 g/mol. The van der Waals surface area contributed by atoms with Crippen molar-refractivity contribution in [2.24, 2.45) is 17.8 Å². The Morgan fingerprint density at radius 2 is 2.14 bits per heavy atom. The van der Waals surface area contributed by atoms with Crippen molar-refractivity contribution in [1.29, 1.82) is 0 Å². The van der Waals surface area contributed by atoms with E-state index in [2.05, 4.69) is 64.7 Å². The summed E-state index contributed by atoms with van der Waals surface area (Å²) < 4.78 is 22.2. The van der Waals surface area contributed by atoms with Gasteiger partial charge in [0.1, 0.15) is 5.82 Å². The Kier molecular flexibility index (Phi) is 6.24. The zero-order valence-corrected chi connectivity index (χ0v) is 18.2. The van der Waals surface area contributed by atoms with E-state index in [1.807, 2.05) is 6.07 Å². The van der Waals surface area contributed by atoms with Crippen molar-refractivity contribution in [2.75, 3.05) is 18.4 Å². The molecule has 1 aliphatic carbocycles. The molecule has 1 saturated heterocycles. The van der Waals surface area contributed by atoms with E-state index in [4.69, 9.17) is 4.74 Å². The van der Waals surface area contributed by atoms with Crippen LogP contribution in [0.3, 0.4) is 0 Å². The third kappa shape index (κ3) is 4.22. The second-order valence-electron chi connectivity index (χ2n) is 8.71. The van der Waals surface area contributed by atoms with E-state index in [-0.39, 0.29) is 24.1 Å². The summed E-state index contributed by atoms with van der Waals surface area (Å²) >= 11 is 3.47. The van der Waals surface area contributed by atoms with Crippen LogP contribution in [0.4, 0.5) is 10.1 Å². The SMILES string of the molecule is CC(C)CNC[C@H]1CC[C@@H]2[C@H](O1)c1cc(Br)cc(F)c1N[C@H]2C1C=CC=CC1. The number of hydrogen-bond acceptors (Lipinski definition) is 3. The van der Waals surface area contributed by atoms with E-state index < -0.39 is 0 Å². The van der Waals surface area contributed by atoms with Gasteiger partial charge in [-0.1, -0.05) is 54.1 Å². The minimum atomic E-state index is -0.202. The van der Waals surface area contributed by atoms with Crippen molar-refractivity contribution in [3.63, 3.8) is 0 Å². The van der Waals surface area contributed by atoms with Crippen LogP contribution in [0.15, 0.2) is 40.9 Å². The smallest absolute Gasteiger partial charge is 0.147 e. The summed E-state index contributed by atoms with van der Waals surface area (Å²) in [7, 11) is 0. The topological polar surface area (TPSA) is 33.3 Å². The molecule has 0 aromatic heterocycles. The summed E-state index contributed by atoms with van der Waals surface area (Å²) in [5, 5.41) is 7.08. The van der Waals surface area contributed by atoms with Crippen LogP contribution in [-0.4, -0.2) is 25.2 Å². The summed E-state index contributed by atoms with van der Waals surface area (Å²) in [5.41, 5.74) is 1.57. The highest BCUT2D eigenvalue weighted by Gasteiger charge is 2.44. The molecule has 5 heteroatoms. The van der Waals surface area contributed by atoms with Gasteiger partial charge in [0, 0.05) is 34.5 Å². The maximum absolute atomic E-state index is 14.8. The van der Waals surface area contributed by atoms with Crippen LogP contribution in [0.5, 0.6) is 0 Å². The van der Waals surface area contributed by atoms with Gasteiger partial charge in [0.05, 0.1) is 17.9 Å². The Bertz CT molecular complexity index is 763. The molecule has 1 fully saturated rings. The Morgan fingerprint density at radius 3 is 2.89 bits per heavy atom. The number of hydrogen-bond donors (Lipinski definition) is 2. The minimum absolute atomic E-state index is 0.0628. The first-order valence-electron chi connectivity index (χ1n) is 10.5. The summed E-state index contributed by atoms with van der Waals surface area (Å²) in [4.78, 5) is 0.